The molecular formula is C13H17N5O. The lowest BCUT2D eigenvalue weighted by Crippen LogP contribution is -2.07. The van der Waals surface area contributed by atoms with Crippen LogP contribution in [0.1, 0.15) is 18.3 Å². The van der Waals surface area contributed by atoms with Gasteiger partial charge in [0.2, 0.25) is 0 Å². The molecule has 19 heavy (non-hydrogen) atoms. The molecule has 2 aromatic heterocycles. The number of anilines is 2. The van der Waals surface area contributed by atoms with Gasteiger partial charge < -0.3 is 15.8 Å². The van der Waals surface area contributed by atoms with E-state index in [0.29, 0.717) is 37.2 Å². The van der Waals surface area contributed by atoms with Crippen LogP contribution in [0.2, 0.25) is 0 Å². The van der Waals surface area contributed by atoms with E-state index >= 15 is 0 Å². The SMILES string of the molecule is CCOCc1nc(N)cc(NCc2cccnc2)n1. The summed E-state index contributed by atoms with van der Waals surface area (Å²) in [6.45, 7) is 3.55. The Morgan fingerprint density at radius 2 is 2.26 bits per heavy atom. The summed E-state index contributed by atoms with van der Waals surface area (Å²) in [6.07, 6.45) is 3.55. The van der Waals surface area contributed by atoms with Crippen molar-refractivity contribution in [2.24, 2.45) is 0 Å². The number of pyridine rings is 1. The van der Waals surface area contributed by atoms with Gasteiger partial charge in [-0.05, 0) is 18.6 Å². The summed E-state index contributed by atoms with van der Waals surface area (Å²) < 4.78 is 5.27. The molecule has 3 N–H and O–H groups in total. The molecule has 6 heteroatoms. The van der Waals surface area contributed by atoms with Crippen LogP contribution in [0.15, 0.2) is 30.6 Å². The van der Waals surface area contributed by atoms with Gasteiger partial charge >= 0.3 is 0 Å². The number of hydrogen-bond donors (Lipinski definition) is 2. The average molecular weight is 259 g/mol. The molecule has 0 saturated heterocycles. The fraction of sp³-hybridized carbons (Fsp3) is 0.308. The fourth-order valence-corrected chi connectivity index (χ4v) is 1.56. The number of hydrogen-bond acceptors (Lipinski definition) is 6. The van der Waals surface area contributed by atoms with Crippen LogP contribution in [0.5, 0.6) is 0 Å². The van der Waals surface area contributed by atoms with Crippen LogP contribution in [0.3, 0.4) is 0 Å². The van der Waals surface area contributed by atoms with Crippen LogP contribution in [0.25, 0.3) is 0 Å². The van der Waals surface area contributed by atoms with Gasteiger partial charge in [-0.3, -0.25) is 4.98 Å². The molecule has 0 bridgehead atoms. The number of ether oxygens (including phenoxy) is 1. The van der Waals surface area contributed by atoms with E-state index in [0.717, 1.165) is 5.56 Å². The highest BCUT2D eigenvalue weighted by molar-refractivity contribution is 5.44. The zero-order valence-electron chi connectivity index (χ0n) is 10.8. The Bertz CT molecular complexity index is 518. The lowest BCUT2D eigenvalue weighted by atomic mass is 10.3. The van der Waals surface area contributed by atoms with Crippen molar-refractivity contribution in [3.05, 3.63) is 42.0 Å². The van der Waals surface area contributed by atoms with E-state index in [2.05, 4.69) is 20.3 Å². The van der Waals surface area contributed by atoms with E-state index in [4.69, 9.17) is 10.5 Å². The molecule has 0 aliphatic carbocycles. The van der Waals surface area contributed by atoms with Crippen molar-refractivity contribution in [3.8, 4) is 0 Å². The van der Waals surface area contributed by atoms with Gasteiger partial charge in [0, 0.05) is 31.6 Å². The first-order valence-corrected chi connectivity index (χ1v) is 6.12. The molecule has 0 aliphatic heterocycles. The second kappa shape index (κ2) is 6.65. The Hall–Kier alpha value is -2.21. The Kier molecular flexibility index (Phi) is 4.63. The molecule has 0 aromatic carbocycles. The zero-order chi connectivity index (χ0) is 13.5. The summed E-state index contributed by atoms with van der Waals surface area (Å²) in [7, 11) is 0. The van der Waals surface area contributed by atoms with Gasteiger partial charge in [0.25, 0.3) is 0 Å². The molecule has 0 saturated carbocycles. The largest absolute Gasteiger partial charge is 0.384 e. The van der Waals surface area contributed by atoms with Gasteiger partial charge in [0.05, 0.1) is 0 Å². The van der Waals surface area contributed by atoms with E-state index in [1.54, 1.807) is 18.5 Å². The lowest BCUT2D eigenvalue weighted by molar-refractivity contribution is 0.128. The molecule has 6 nitrogen and oxygen atoms in total. The topological polar surface area (TPSA) is 86.0 Å². The molecule has 0 atom stereocenters. The smallest absolute Gasteiger partial charge is 0.158 e. The van der Waals surface area contributed by atoms with Crippen molar-refractivity contribution in [1.29, 1.82) is 0 Å². The van der Waals surface area contributed by atoms with E-state index < -0.39 is 0 Å². The predicted octanol–water partition coefficient (Wildman–Crippen LogP) is 1.60. The van der Waals surface area contributed by atoms with Crippen molar-refractivity contribution < 1.29 is 4.74 Å². The number of nitrogens with zero attached hydrogens (tertiary/aromatic N) is 3. The third-order valence-electron chi connectivity index (χ3n) is 2.42. The quantitative estimate of drug-likeness (QED) is 0.819. The minimum absolute atomic E-state index is 0.364. The van der Waals surface area contributed by atoms with Crippen LogP contribution in [-0.4, -0.2) is 21.6 Å². The second-order valence-corrected chi connectivity index (χ2v) is 3.95. The molecule has 0 unspecified atom stereocenters. The van der Waals surface area contributed by atoms with Gasteiger partial charge in [0.1, 0.15) is 18.2 Å². The predicted molar refractivity (Wildman–Crippen MR) is 73.3 cm³/mol. The van der Waals surface area contributed by atoms with E-state index in [9.17, 15) is 0 Å². The van der Waals surface area contributed by atoms with Crippen LogP contribution < -0.4 is 11.1 Å². The Morgan fingerprint density at radius 3 is 3.00 bits per heavy atom. The van der Waals surface area contributed by atoms with Crippen molar-refractivity contribution in [2.45, 2.75) is 20.1 Å². The molecule has 0 aliphatic rings. The van der Waals surface area contributed by atoms with Crippen LogP contribution in [-0.2, 0) is 17.9 Å². The molecule has 2 aromatic rings. The van der Waals surface area contributed by atoms with Gasteiger partial charge in [0.15, 0.2) is 5.82 Å². The summed E-state index contributed by atoms with van der Waals surface area (Å²) in [5, 5.41) is 3.19. The summed E-state index contributed by atoms with van der Waals surface area (Å²) in [4.78, 5) is 12.5. The lowest BCUT2D eigenvalue weighted by Gasteiger charge is -2.08. The summed E-state index contributed by atoms with van der Waals surface area (Å²) in [5.41, 5.74) is 6.82. The maximum Gasteiger partial charge on any atom is 0.158 e. The fourth-order valence-electron chi connectivity index (χ4n) is 1.56. The number of nitrogens with one attached hydrogen (secondary N) is 1. The normalized spacial score (nSPS) is 10.4. The Labute approximate surface area is 112 Å². The van der Waals surface area contributed by atoms with E-state index in [-0.39, 0.29) is 0 Å². The highest BCUT2D eigenvalue weighted by Gasteiger charge is 2.03. The molecule has 0 spiro atoms. The first-order chi connectivity index (χ1) is 9.28. The van der Waals surface area contributed by atoms with Crippen LogP contribution >= 0.6 is 0 Å². The highest BCUT2D eigenvalue weighted by atomic mass is 16.5. The maximum absolute atomic E-state index is 5.74. The maximum atomic E-state index is 5.74. The van der Waals surface area contributed by atoms with Crippen molar-refractivity contribution in [1.82, 2.24) is 15.0 Å². The first kappa shape index (κ1) is 13.2. The monoisotopic (exact) mass is 259 g/mol. The first-order valence-electron chi connectivity index (χ1n) is 6.12. The van der Waals surface area contributed by atoms with Gasteiger partial charge in [-0.2, -0.15) is 0 Å². The molecule has 0 fully saturated rings. The van der Waals surface area contributed by atoms with Crippen LogP contribution in [0, 0.1) is 0 Å². The van der Waals surface area contributed by atoms with E-state index in [1.807, 2.05) is 19.1 Å². The second-order valence-electron chi connectivity index (χ2n) is 3.95. The van der Waals surface area contributed by atoms with Crippen molar-refractivity contribution in [3.63, 3.8) is 0 Å². The standard InChI is InChI=1S/C13H17N5O/c1-2-19-9-13-17-11(14)6-12(18-13)16-8-10-4-3-5-15-7-10/h3-7H,2,8-9H2,1H3,(H3,14,16,17,18). The number of nitrogen functional groups attached to an aromatic ring is 1. The molecule has 0 radical (unpaired) electrons. The Morgan fingerprint density at radius 1 is 1.37 bits per heavy atom. The summed E-state index contributed by atoms with van der Waals surface area (Å²) in [6, 6.07) is 5.59. The minimum Gasteiger partial charge on any atom is -0.384 e. The van der Waals surface area contributed by atoms with Crippen molar-refractivity contribution >= 4 is 11.6 Å². The number of aromatic nitrogens is 3. The van der Waals surface area contributed by atoms with Crippen LogP contribution in [0.4, 0.5) is 11.6 Å². The number of nitrogens with two attached hydrogens (primary N) is 1. The molecule has 100 valence electrons. The third kappa shape index (κ3) is 4.18. The molecule has 2 heterocycles. The zero-order valence-corrected chi connectivity index (χ0v) is 10.8. The molecule has 0 amide bonds. The van der Waals surface area contributed by atoms with E-state index in [1.165, 1.54) is 0 Å². The summed E-state index contributed by atoms with van der Waals surface area (Å²) >= 11 is 0. The molecular weight excluding hydrogens is 242 g/mol. The Balaban J connectivity index is 2.01. The average Bonchev–Trinajstić information content (AvgIpc) is 2.43. The third-order valence-corrected chi connectivity index (χ3v) is 2.42. The van der Waals surface area contributed by atoms with Gasteiger partial charge in [-0.1, -0.05) is 6.07 Å². The summed E-state index contributed by atoms with van der Waals surface area (Å²) in [5.74, 6) is 1.69. The minimum atomic E-state index is 0.364. The van der Waals surface area contributed by atoms with Crippen molar-refractivity contribution in [2.75, 3.05) is 17.7 Å². The number of rotatable bonds is 6. The molecule has 2 rings (SSSR count). The van der Waals surface area contributed by atoms with Gasteiger partial charge in [-0.15, -0.1) is 0 Å². The highest BCUT2D eigenvalue weighted by Crippen LogP contribution is 2.10. The van der Waals surface area contributed by atoms with Gasteiger partial charge in [-0.25, -0.2) is 9.97 Å².